The van der Waals surface area contributed by atoms with Crippen molar-refractivity contribution in [3.05, 3.63) is 83.3 Å². The van der Waals surface area contributed by atoms with Gasteiger partial charge in [-0.05, 0) is 43.2 Å². The molecule has 176 valence electrons. The van der Waals surface area contributed by atoms with Crippen LogP contribution in [0.25, 0.3) is 10.9 Å². The van der Waals surface area contributed by atoms with Gasteiger partial charge in [0.25, 0.3) is 5.91 Å². The zero-order valence-electron chi connectivity index (χ0n) is 18.1. The van der Waals surface area contributed by atoms with Gasteiger partial charge < -0.3 is 10.3 Å². The molecule has 0 fully saturated rings. The summed E-state index contributed by atoms with van der Waals surface area (Å²) >= 11 is 0. The molecule has 0 saturated heterocycles. The van der Waals surface area contributed by atoms with Gasteiger partial charge in [0.2, 0.25) is 5.91 Å². The van der Waals surface area contributed by atoms with Crippen LogP contribution in [0.4, 0.5) is 8.78 Å². The number of fused-ring (bicyclic) bond motifs is 1. The first-order valence-corrected chi connectivity index (χ1v) is 10.5. The highest BCUT2D eigenvalue weighted by Gasteiger charge is 2.22. The molecule has 4 N–H and O–H groups in total. The molecule has 1 unspecified atom stereocenters. The SMILES string of the molecule is CC(NC(=O)c1ccc(F)c(F)c1)c1cn([C@@H](CC(=O)NO)Cc2c[nH]c3ccccc23)nn1. The maximum absolute atomic E-state index is 13.4. The fourth-order valence-electron chi connectivity index (χ4n) is 3.73. The van der Waals surface area contributed by atoms with E-state index in [1.54, 1.807) is 18.6 Å². The van der Waals surface area contributed by atoms with E-state index < -0.39 is 35.5 Å². The highest BCUT2D eigenvalue weighted by atomic mass is 19.2. The van der Waals surface area contributed by atoms with E-state index in [0.717, 1.165) is 28.6 Å². The summed E-state index contributed by atoms with van der Waals surface area (Å²) in [5.74, 6) is -3.34. The van der Waals surface area contributed by atoms with Crippen molar-refractivity contribution in [2.45, 2.75) is 31.8 Å². The number of aromatic nitrogens is 4. The molecule has 0 aliphatic rings. The molecule has 11 heteroatoms. The fourth-order valence-corrected chi connectivity index (χ4v) is 3.73. The molecular weight excluding hydrogens is 446 g/mol. The molecule has 0 spiro atoms. The molecule has 4 rings (SSSR count). The average Bonchev–Trinajstić information content (AvgIpc) is 3.48. The van der Waals surface area contributed by atoms with Crippen molar-refractivity contribution in [1.29, 1.82) is 0 Å². The van der Waals surface area contributed by atoms with E-state index in [2.05, 4.69) is 20.6 Å². The van der Waals surface area contributed by atoms with Gasteiger partial charge >= 0.3 is 0 Å². The van der Waals surface area contributed by atoms with Crippen LogP contribution >= 0.6 is 0 Å². The molecule has 0 aliphatic heterocycles. The fraction of sp³-hybridized carbons (Fsp3) is 0.217. The summed E-state index contributed by atoms with van der Waals surface area (Å²) in [6, 6.07) is 9.55. The second kappa shape index (κ2) is 9.79. The van der Waals surface area contributed by atoms with E-state index in [1.165, 1.54) is 10.7 Å². The molecule has 9 nitrogen and oxygen atoms in total. The topological polar surface area (TPSA) is 125 Å². The number of nitrogens with zero attached hydrogens (tertiary/aromatic N) is 3. The molecule has 2 heterocycles. The lowest BCUT2D eigenvalue weighted by atomic mass is 10.0. The lowest BCUT2D eigenvalue weighted by Gasteiger charge is -2.16. The van der Waals surface area contributed by atoms with E-state index in [0.29, 0.717) is 12.1 Å². The van der Waals surface area contributed by atoms with Crippen LogP contribution in [0.3, 0.4) is 0 Å². The van der Waals surface area contributed by atoms with E-state index in [-0.39, 0.29) is 12.0 Å². The number of halogens is 2. The maximum atomic E-state index is 13.4. The first kappa shape index (κ1) is 23.1. The minimum absolute atomic E-state index is 0.0324. The van der Waals surface area contributed by atoms with Crippen molar-refractivity contribution in [3.8, 4) is 0 Å². The first-order valence-electron chi connectivity index (χ1n) is 10.5. The van der Waals surface area contributed by atoms with E-state index in [1.807, 2.05) is 30.5 Å². The Balaban J connectivity index is 1.52. The molecule has 0 radical (unpaired) electrons. The van der Waals surface area contributed by atoms with Crippen LogP contribution in [0.15, 0.2) is 54.9 Å². The third-order valence-electron chi connectivity index (χ3n) is 5.55. The minimum atomic E-state index is -1.12. The van der Waals surface area contributed by atoms with Crippen molar-refractivity contribution in [1.82, 2.24) is 30.8 Å². The first-order chi connectivity index (χ1) is 16.4. The smallest absolute Gasteiger partial charge is 0.251 e. The second-order valence-corrected chi connectivity index (χ2v) is 7.90. The number of carbonyl (C=O) groups excluding carboxylic acids is 2. The number of H-pyrrole nitrogens is 1. The van der Waals surface area contributed by atoms with Crippen molar-refractivity contribution in [2.24, 2.45) is 0 Å². The molecule has 2 atom stereocenters. The Hall–Kier alpha value is -4.12. The Morgan fingerprint density at radius 3 is 2.74 bits per heavy atom. The summed E-state index contributed by atoms with van der Waals surface area (Å²) in [5, 5.41) is 20.9. The Kier molecular flexibility index (Phi) is 6.64. The van der Waals surface area contributed by atoms with E-state index in [4.69, 9.17) is 5.21 Å². The highest BCUT2D eigenvalue weighted by molar-refractivity contribution is 5.94. The van der Waals surface area contributed by atoms with Gasteiger partial charge in [0.15, 0.2) is 11.6 Å². The number of hydrogen-bond acceptors (Lipinski definition) is 5. The van der Waals surface area contributed by atoms with Crippen LogP contribution in [-0.4, -0.2) is 37.0 Å². The number of hydrogen-bond donors (Lipinski definition) is 4. The minimum Gasteiger partial charge on any atom is -0.361 e. The molecule has 2 amide bonds. The Morgan fingerprint density at radius 1 is 1.18 bits per heavy atom. The maximum Gasteiger partial charge on any atom is 0.251 e. The Labute approximate surface area is 192 Å². The normalized spacial score (nSPS) is 12.9. The van der Waals surface area contributed by atoms with E-state index >= 15 is 0 Å². The molecule has 34 heavy (non-hydrogen) atoms. The zero-order valence-corrected chi connectivity index (χ0v) is 18.1. The van der Waals surface area contributed by atoms with Gasteiger partial charge in [0.1, 0.15) is 5.69 Å². The standard InChI is InChI=1S/C23H22F2N6O3/c1-13(27-23(33)14-6-7-18(24)19(25)9-14)21-12-31(30-28-21)16(10-22(32)29-34)8-15-11-26-20-5-3-2-4-17(15)20/h2-7,9,11-13,16,26,34H,8,10H2,1H3,(H,27,33)(H,29,32)/t13?,16-/m1/s1. The summed E-state index contributed by atoms with van der Waals surface area (Å²) in [6.45, 7) is 1.67. The van der Waals surface area contributed by atoms with Crippen molar-refractivity contribution >= 4 is 22.7 Å². The highest BCUT2D eigenvalue weighted by Crippen LogP contribution is 2.25. The number of para-hydroxylation sites is 1. The zero-order chi connectivity index (χ0) is 24.2. The third-order valence-corrected chi connectivity index (χ3v) is 5.55. The number of carbonyl (C=O) groups is 2. The van der Waals surface area contributed by atoms with Crippen LogP contribution in [-0.2, 0) is 11.2 Å². The number of hydroxylamine groups is 1. The molecule has 4 aromatic rings. The van der Waals surface area contributed by atoms with Crippen LogP contribution < -0.4 is 10.8 Å². The summed E-state index contributed by atoms with van der Waals surface area (Å²) in [4.78, 5) is 27.5. The van der Waals surface area contributed by atoms with Gasteiger partial charge in [-0.15, -0.1) is 5.10 Å². The predicted molar refractivity (Wildman–Crippen MR) is 118 cm³/mol. The monoisotopic (exact) mass is 468 g/mol. The van der Waals surface area contributed by atoms with Crippen molar-refractivity contribution in [2.75, 3.05) is 0 Å². The van der Waals surface area contributed by atoms with Gasteiger partial charge in [-0.2, -0.15) is 0 Å². The molecular formula is C23H22F2N6O3. The van der Waals surface area contributed by atoms with Crippen LogP contribution in [0.2, 0.25) is 0 Å². The number of nitrogens with one attached hydrogen (secondary N) is 3. The average molecular weight is 468 g/mol. The second-order valence-electron chi connectivity index (χ2n) is 7.90. The summed E-state index contributed by atoms with van der Waals surface area (Å²) in [5.41, 5.74) is 3.93. The summed E-state index contributed by atoms with van der Waals surface area (Å²) in [6.07, 6.45) is 3.82. The van der Waals surface area contributed by atoms with Gasteiger partial charge in [-0.1, -0.05) is 23.4 Å². The van der Waals surface area contributed by atoms with Gasteiger partial charge in [0.05, 0.1) is 24.7 Å². The lowest BCUT2D eigenvalue weighted by Crippen LogP contribution is -2.27. The van der Waals surface area contributed by atoms with Crippen molar-refractivity contribution < 1.29 is 23.6 Å². The number of amides is 2. The lowest BCUT2D eigenvalue weighted by molar-refractivity contribution is -0.130. The van der Waals surface area contributed by atoms with Gasteiger partial charge in [-0.3, -0.25) is 14.8 Å². The molecule has 0 saturated carbocycles. The van der Waals surface area contributed by atoms with Gasteiger partial charge in [-0.25, -0.2) is 18.9 Å². The van der Waals surface area contributed by atoms with E-state index in [9.17, 15) is 18.4 Å². The third kappa shape index (κ3) is 4.94. The Morgan fingerprint density at radius 2 is 1.97 bits per heavy atom. The molecule has 0 aliphatic carbocycles. The largest absolute Gasteiger partial charge is 0.361 e. The molecule has 2 aromatic heterocycles. The van der Waals surface area contributed by atoms with Crippen LogP contribution in [0.5, 0.6) is 0 Å². The van der Waals surface area contributed by atoms with Crippen LogP contribution in [0, 0.1) is 11.6 Å². The number of aromatic amines is 1. The molecule has 2 aromatic carbocycles. The Bertz CT molecular complexity index is 1340. The quantitative estimate of drug-likeness (QED) is 0.233. The summed E-state index contributed by atoms with van der Waals surface area (Å²) in [7, 11) is 0. The van der Waals surface area contributed by atoms with Gasteiger partial charge in [0, 0.05) is 22.7 Å². The number of benzene rings is 2. The summed E-state index contributed by atoms with van der Waals surface area (Å²) < 4.78 is 28.1. The molecule has 0 bridgehead atoms. The predicted octanol–water partition coefficient (Wildman–Crippen LogP) is 3.21. The van der Waals surface area contributed by atoms with Crippen LogP contribution in [0.1, 0.15) is 47.0 Å². The van der Waals surface area contributed by atoms with Crippen molar-refractivity contribution in [3.63, 3.8) is 0 Å². The number of rotatable bonds is 8.